The van der Waals surface area contributed by atoms with Crippen LogP contribution in [0, 0.1) is 11.3 Å². The Morgan fingerprint density at radius 1 is 1.03 bits per heavy atom. The highest BCUT2D eigenvalue weighted by molar-refractivity contribution is 7.86. The molecular weight excluding hydrogens is 536 g/mol. The van der Waals surface area contributed by atoms with E-state index in [2.05, 4.69) is 0 Å². The molecule has 2 aromatic rings. The number of benzene rings is 3. The zero-order chi connectivity index (χ0) is 28.2. The van der Waals surface area contributed by atoms with Crippen molar-refractivity contribution >= 4 is 49.0 Å². The lowest BCUT2D eigenvalue weighted by Gasteiger charge is -2.20. The average Bonchev–Trinajstić information content (AvgIpc) is 2.84. The molecule has 13 heteroatoms. The summed E-state index contributed by atoms with van der Waals surface area (Å²) in [4.78, 5) is 23.1. The molecule has 2 aromatic carbocycles. The Morgan fingerprint density at radius 2 is 1.66 bits per heavy atom. The lowest BCUT2D eigenvalue weighted by atomic mass is 9.88. The topological polar surface area (TPSA) is 206 Å². The van der Waals surface area contributed by atoms with Gasteiger partial charge in [0.1, 0.15) is 0 Å². The van der Waals surface area contributed by atoms with Gasteiger partial charge in [-0.2, -0.15) is 16.8 Å². The number of fused-ring (bicyclic) bond motifs is 2. The highest BCUT2D eigenvalue weighted by atomic mass is 32.2. The molecule has 0 aromatic heterocycles. The van der Waals surface area contributed by atoms with Crippen LogP contribution in [-0.2, 0) is 20.2 Å². The summed E-state index contributed by atoms with van der Waals surface area (Å²) in [5.41, 5.74) is 5.34. The van der Waals surface area contributed by atoms with Gasteiger partial charge in [-0.05, 0) is 42.3 Å². The van der Waals surface area contributed by atoms with E-state index in [4.69, 9.17) is 15.6 Å². The zero-order valence-corrected chi connectivity index (χ0v) is 21.7. The molecule has 1 aliphatic carbocycles. The summed E-state index contributed by atoms with van der Waals surface area (Å²) < 4.78 is 74.4. The third-order valence-electron chi connectivity index (χ3n) is 6.31. The van der Waals surface area contributed by atoms with Crippen LogP contribution in [0.25, 0.3) is 33.4 Å². The molecule has 1 heterocycles. The first-order chi connectivity index (χ1) is 17.7. The van der Waals surface area contributed by atoms with E-state index in [1.54, 1.807) is 6.92 Å². The van der Waals surface area contributed by atoms with Crippen molar-refractivity contribution < 1.29 is 39.9 Å². The van der Waals surface area contributed by atoms with E-state index in [1.807, 2.05) is 6.92 Å². The molecule has 0 fully saturated rings. The van der Waals surface area contributed by atoms with Crippen LogP contribution in [0.15, 0.2) is 56.7 Å². The molecule has 0 spiro atoms. The minimum atomic E-state index is -5.07. The summed E-state index contributed by atoms with van der Waals surface area (Å²) in [6, 6.07) is 9.20. The molecule has 0 saturated carbocycles. The van der Waals surface area contributed by atoms with E-state index in [1.165, 1.54) is 36.4 Å². The van der Waals surface area contributed by atoms with Crippen molar-refractivity contribution in [3.63, 3.8) is 0 Å². The smallest absolute Gasteiger partial charge is 0.300 e. The van der Waals surface area contributed by atoms with Crippen LogP contribution in [-0.4, -0.2) is 38.0 Å². The van der Waals surface area contributed by atoms with Crippen LogP contribution < -0.4 is 11.1 Å². The fourth-order valence-corrected chi connectivity index (χ4v) is 5.79. The van der Waals surface area contributed by atoms with Crippen molar-refractivity contribution in [3.8, 4) is 22.5 Å². The van der Waals surface area contributed by atoms with Gasteiger partial charge in [0.15, 0.2) is 33.2 Å². The van der Waals surface area contributed by atoms with Gasteiger partial charge in [-0.1, -0.05) is 26.0 Å². The maximum Gasteiger partial charge on any atom is 0.300 e. The molecule has 2 aliphatic rings. The van der Waals surface area contributed by atoms with Gasteiger partial charge in [0.25, 0.3) is 20.2 Å². The van der Waals surface area contributed by atoms with E-state index < -0.39 is 52.4 Å². The largest absolute Gasteiger partial charge is 0.453 e. The summed E-state index contributed by atoms with van der Waals surface area (Å²) >= 11 is 0. The number of carbonyl (C=O) groups excluding carboxylic acids is 2. The van der Waals surface area contributed by atoms with Gasteiger partial charge in [-0.15, -0.1) is 0 Å². The van der Waals surface area contributed by atoms with Gasteiger partial charge >= 0.3 is 0 Å². The van der Waals surface area contributed by atoms with Crippen LogP contribution in [0.1, 0.15) is 41.0 Å². The van der Waals surface area contributed by atoms with E-state index >= 15 is 0 Å². The first-order valence-corrected chi connectivity index (χ1v) is 14.0. The first kappa shape index (κ1) is 27.1. The van der Waals surface area contributed by atoms with Gasteiger partial charge in [-0.3, -0.25) is 24.1 Å². The molecule has 1 unspecified atom stereocenters. The summed E-state index contributed by atoms with van der Waals surface area (Å²) in [5.74, 6) is -1.12. The number of anilines is 1. The van der Waals surface area contributed by atoms with Crippen LogP contribution in [0.3, 0.4) is 0 Å². The van der Waals surface area contributed by atoms with Gasteiger partial charge in [0, 0.05) is 33.6 Å². The Bertz CT molecular complexity index is 1890. The Kier molecular flexibility index (Phi) is 6.74. The second kappa shape index (κ2) is 9.44. The van der Waals surface area contributed by atoms with Crippen molar-refractivity contribution in [1.29, 1.82) is 5.41 Å². The number of nitrogens with two attached hydrogens (primary N) is 1. The van der Waals surface area contributed by atoms with Gasteiger partial charge in [0.05, 0.1) is 11.0 Å². The van der Waals surface area contributed by atoms with E-state index in [0.29, 0.717) is 12.7 Å². The van der Waals surface area contributed by atoms with Crippen molar-refractivity contribution in [2.24, 2.45) is 5.92 Å². The number of nitrogens with one attached hydrogen (secondary N) is 1. The van der Waals surface area contributed by atoms with Crippen molar-refractivity contribution in [1.82, 2.24) is 0 Å². The van der Waals surface area contributed by atoms with Crippen LogP contribution in [0.5, 0.6) is 0 Å². The standard InChI is InChI=1S/C25H22N2O9S2/c1-3-12(2)21(29)13-4-5-15(14(10-13)11-28)20-16-6-8-18(26)24(37(30,31)32)22(16)36-23-17(20)7-9-19(27)25(23)38(33,34)35/h4-12,26H,3,27H2,1-2H3,(H,30,31,32)(H,33,34,35). The van der Waals surface area contributed by atoms with Crippen LogP contribution >= 0.6 is 0 Å². The van der Waals surface area contributed by atoms with Crippen LogP contribution in [0.4, 0.5) is 5.69 Å². The monoisotopic (exact) mass is 558 g/mol. The van der Waals surface area contributed by atoms with Crippen molar-refractivity contribution in [2.75, 3.05) is 5.73 Å². The SMILES string of the molecule is CCC(C)C(=O)c1ccc(-c2c3ccc(=N)c(S(=O)(=O)O)c-3oc3c(S(=O)(=O)O)c(N)ccc23)c(C=O)c1. The average molecular weight is 559 g/mol. The summed E-state index contributed by atoms with van der Waals surface area (Å²) in [6.07, 6.45) is 1.05. The number of rotatable bonds is 7. The molecule has 198 valence electrons. The number of hydrogen-bond acceptors (Lipinski definition) is 9. The zero-order valence-electron chi connectivity index (χ0n) is 20.0. The molecule has 0 amide bonds. The number of carbonyl (C=O) groups is 2. The molecular formula is C25H22N2O9S2. The molecule has 0 bridgehead atoms. The molecule has 5 N–H and O–H groups in total. The quantitative estimate of drug-likeness (QED) is 0.0848. The molecule has 0 saturated heterocycles. The summed E-state index contributed by atoms with van der Waals surface area (Å²) in [7, 11) is -10.1. The molecule has 0 radical (unpaired) electrons. The minimum absolute atomic E-state index is 0.00344. The number of hydrogen-bond donors (Lipinski definition) is 4. The van der Waals surface area contributed by atoms with E-state index in [9.17, 15) is 35.5 Å². The molecule has 4 rings (SSSR count). The summed E-state index contributed by atoms with van der Waals surface area (Å²) in [5, 5.41) is 7.40. The molecule has 38 heavy (non-hydrogen) atoms. The van der Waals surface area contributed by atoms with Crippen LogP contribution in [0.2, 0.25) is 0 Å². The fraction of sp³-hybridized carbons (Fsp3) is 0.160. The molecule has 1 aliphatic heterocycles. The second-order valence-corrected chi connectivity index (χ2v) is 11.4. The maximum absolute atomic E-state index is 12.7. The first-order valence-electron chi connectivity index (χ1n) is 11.2. The second-order valence-electron chi connectivity index (χ2n) is 8.70. The van der Waals surface area contributed by atoms with E-state index in [0.717, 1.165) is 6.07 Å². The predicted octanol–water partition coefficient (Wildman–Crippen LogP) is 3.80. The van der Waals surface area contributed by atoms with Crippen molar-refractivity contribution in [3.05, 3.63) is 58.9 Å². The van der Waals surface area contributed by atoms with Gasteiger partial charge < -0.3 is 10.2 Å². The van der Waals surface area contributed by atoms with Crippen molar-refractivity contribution in [2.45, 2.75) is 30.1 Å². The normalized spacial score (nSPS) is 13.1. The highest BCUT2D eigenvalue weighted by Crippen LogP contribution is 2.45. The van der Waals surface area contributed by atoms with Gasteiger partial charge in [-0.25, -0.2) is 0 Å². The third kappa shape index (κ3) is 4.49. The Morgan fingerprint density at radius 3 is 2.24 bits per heavy atom. The predicted molar refractivity (Wildman–Crippen MR) is 137 cm³/mol. The lowest BCUT2D eigenvalue weighted by Crippen LogP contribution is -2.16. The molecule has 1 atom stereocenters. The molecule has 11 nitrogen and oxygen atoms in total. The fourth-order valence-electron chi connectivity index (χ4n) is 4.31. The Labute approximate surface area is 217 Å². The highest BCUT2D eigenvalue weighted by Gasteiger charge is 2.31. The maximum atomic E-state index is 12.7. The number of Topliss-reactive ketones (excluding diaryl/α,β-unsaturated/α-hetero) is 1. The van der Waals surface area contributed by atoms with Gasteiger partial charge in [0.2, 0.25) is 0 Å². The number of ketones is 1. The number of aldehydes is 1. The summed E-state index contributed by atoms with van der Waals surface area (Å²) in [6.45, 7) is 3.59. The minimum Gasteiger partial charge on any atom is -0.453 e. The lowest BCUT2D eigenvalue weighted by molar-refractivity contribution is 0.0927. The van der Waals surface area contributed by atoms with E-state index in [-0.39, 0.29) is 44.9 Å². The Balaban J connectivity index is 2.26. The third-order valence-corrected chi connectivity index (χ3v) is 8.16. The Hall–Kier alpha value is -3.91. The number of nitrogen functional groups attached to an aromatic ring is 1.